The first kappa shape index (κ1) is 15.4. The third-order valence-corrected chi connectivity index (χ3v) is 4.96. The molecule has 2 aromatic rings. The van der Waals surface area contributed by atoms with Crippen molar-refractivity contribution in [1.29, 1.82) is 0 Å². The molecule has 1 aromatic heterocycles. The molecule has 0 bridgehead atoms. The number of ether oxygens (including phenoxy) is 1. The SMILES string of the molecule is CC1CCc2c(nc(-c3ccccc3O)nc2N2CCOCC2)C1. The third-order valence-electron chi connectivity index (χ3n) is 4.96. The van der Waals surface area contributed by atoms with Crippen LogP contribution in [0.1, 0.15) is 24.6 Å². The van der Waals surface area contributed by atoms with Gasteiger partial charge in [-0.25, -0.2) is 9.97 Å². The van der Waals surface area contributed by atoms with Gasteiger partial charge in [-0.3, -0.25) is 0 Å². The summed E-state index contributed by atoms with van der Waals surface area (Å²) in [4.78, 5) is 12.0. The zero-order chi connectivity index (χ0) is 16.5. The Morgan fingerprint density at radius 2 is 1.96 bits per heavy atom. The Balaban J connectivity index is 1.83. The van der Waals surface area contributed by atoms with Crippen LogP contribution in [0.4, 0.5) is 5.82 Å². The second-order valence-electron chi connectivity index (χ2n) is 6.76. The molecule has 5 nitrogen and oxygen atoms in total. The summed E-state index contributed by atoms with van der Waals surface area (Å²) < 4.78 is 5.49. The van der Waals surface area contributed by atoms with Gasteiger partial charge in [-0.15, -0.1) is 0 Å². The molecule has 1 aromatic carbocycles. The monoisotopic (exact) mass is 325 g/mol. The second kappa shape index (κ2) is 6.40. The fraction of sp³-hybridized carbons (Fsp3) is 0.474. The minimum absolute atomic E-state index is 0.231. The number of morpholine rings is 1. The van der Waals surface area contributed by atoms with Gasteiger partial charge < -0.3 is 14.7 Å². The number of phenolic OH excluding ortho intramolecular Hbond substituents is 1. The molecule has 5 heteroatoms. The van der Waals surface area contributed by atoms with Crippen LogP contribution in [0.25, 0.3) is 11.4 Å². The van der Waals surface area contributed by atoms with Gasteiger partial charge in [0.15, 0.2) is 5.82 Å². The van der Waals surface area contributed by atoms with Crippen molar-refractivity contribution in [3.63, 3.8) is 0 Å². The zero-order valence-electron chi connectivity index (χ0n) is 14.0. The van der Waals surface area contributed by atoms with Crippen molar-refractivity contribution in [2.75, 3.05) is 31.2 Å². The summed E-state index contributed by atoms with van der Waals surface area (Å²) in [7, 11) is 0. The minimum Gasteiger partial charge on any atom is -0.507 e. The molecule has 1 fully saturated rings. The Bertz CT molecular complexity index is 741. The summed E-state index contributed by atoms with van der Waals surface area (Å²) in [6.07, 6.45) is 3.20. The standard InChI is InChI=1S/C19H23N3O2/c1-13-6-7-14-16(12-13)20-18(15-4-2-3-5-17(15)23)21-19(14)22-8-10-24-11-9-22/h2-5,13,23H,6-12H2,1H3. The van der Waals surface area contributed by atoms with E-state index < -0.39 is 0 Å². The van der Waals surface area contributed by atoms with Gasteiger partial charge in [0.1, 0.15) is 11.6 Å². The number of para-hydroxylation sites is 1. The quantitative estimate of drug-likeness (QED) is 0.920. The Hall–Kier alpha value is -2.14. The van der Waals surface area contributed by atoms with Gasteiger partial charge >= 0.3 is 0 Å². The number of hydrogen-bond donors (Lipinski definition) is 1. The maximum Gasteiger partial charge on any atom is 0.165 e. The van der Waals surface area contributed by atoms with Crippen LogP contribution in [0, 0.1) is 5.92 Å². The van der Waals surface area contributed by atoms with Crippen LogP contribution in [-0.2, 0) is 17.6 Å². The first-order valence-electron chi connectivity index (χ1n) is 8.73. The minimum atomic E-state index is 0.231. The van der Waals surface area contributed by atoms with Crippen LogP contribution in [-0.4, -0.2) is 41.4 Å². The Morgan fingerprint density at radius 1 is 1.17 bits per heavy atom. The maximum atomic E-state index is 10.2. The van der Waals surface area contributed by atoms with Crippen molar-refractivity contribution in [2.24, 2.45) is 5.92 Å². The molecule has 1 N–H and O–H groups in total. The number of fused-ring (bicyclic) bond motifs is 1. The van der Waals surface area contributed by atoms with E-state index in [2.05, 4.69) is 11.8 Å². The molecule has 1 atom stereocenters. The van der Waals surface area contributed by atoms with Crippen LogP contribution in [0.5, 0.6) is 5.75 Å². The fourth-order valence-electron chi connectivity index (χ4n) is 3.58. The van der Waals surface area contributed by atoms with Crippen molar-refractivity contribution in [1.82, 2.24) is 9.97 Å². The highest BCUT2D eigenvalue weighted by Gasteiger charge is 2.26. The van der Waals surface area contributed by atoms with Crippen molar-refractivity contribution in [3.05, 3.63) is 35.5 Å². The second-order valence-corrected chi connectivity index (χ2v) is 6.76. The molecule has 1 unspecified atom stereocenters. The van der Waals surface area contributed by atoms with E-state index in [1.54, 1.807) is 6.07 Å². The lowest BCUT2D eigenvalue weighted by Crippen LogP contribution is -2.38. The fourth-order valence-corrected chi connectivity index (χ4v) is 3.58. The summed E-state index contributed by atoms with van der Waals surface area (Å²) in [5.74, 6) is 2.53. The van der Waals surface area contributed by atoms with E-state index in [1.165, 1.54) is 12.0 Å². The lowest BCUT2D eigenvalue weighted by molar-refractivity contribution is 0.122. The molecule has 0 radical (unpaired) electrons. The van der Waals surface area contributed by atoms with Crippen molar-refractivity contribution in [3.8, 4) is 17.1 Å². The Labute approximate surface area is 142 Å². The molecule has 1 aliphatic carbocycles. The average Bonchev–Trinajstić information content (AvgIpc) is 2.61. The number of rotatable bonds is 2. The van der Waals surface area contributed by atoms with E-state index in [0.29, 0.717) is 17.3 Å². The molecule has 0 saturated carbocycles. The molecule has 4 rings (SSSR count). The normalized spacial score (nSPS) is 20.7. The average molecular weight is 325 g/mol. The molecule has 0 spiro atoms. The molecule has 1 aliphatic heterocycles. The summed E-state index contributed by atoms with van der Waals surface area (Å²) in [6.45, 7) is 5.47. The van der Waals surface area contributed by atoms with Gasteiger partial charge in [-0.05, 0) is 37.3 Å². The van der Waals surface area contributed by atoms with Crippen molar-refractivity contribution in [2.45, 2.75) is 26.2 Å². The van der Waals surface area contributed by atoms with E-state index in [4.69, 9.17) is 14.7 Å². The number of aromatic hydroxyl groups is 1. The van der Waals surface area contributed by atoms with Gasteiger partial charge in [0.2, 0.25) is 0 Å². The molecule has 1 saturated heterocycles. The summed E-state index contributed by atoms with van der Waals surface area (Å²) in [5, 5.41) is 10.2. The third kappa shape index (κ3) is 2.84. The zero-order valence-corrected chi connectivity index (χ0v) is 14.0. The van der Waals surface area contributed by atoms with Gasteiger partial charge in [0.25, 0.3) is 0 Å². The number of phenols is 1. The number of nitrogens with zero attached hydrogens (tertiary/aromatic N) is 3. The maximum absolute atomic E-state index is 10.2. The van der Waals surface area contributed by atoms with E-state index in [0.717, 1.165) is 50.7 Å². The summed E-state index contributed by atoms with van der Waals surface area (Å²) in [6, 6.07) is 7.30. The lowest BCUT2D eigenvalue weighted by atomic mass is 9.88. The highest BCUT2D eigenvalue weighted by molar-refractivity contribution is 5.66. The Kier molecular flexibility index (Phi) is 4.10. The smallest absolute Gasteiger partial charge is 0.165 e. The lowest BCUT2D eigenvalue weighted by Gasteiger charge is -2.32. The number of benzene rings is 1. The number of anilines is 1. The van der Waals surface area contributed by atoms with Crippen LogP contribution < -0.4 is 4.90 Å². The van der Waals surface area contributed by atoms with E-state index >= 15 is 0 Å². The van der Waals surface area contributed by atoms with Crippen molar-refractivity contribution >= 4 is 5.82 Å². The first-order chi connectivity index (χ1) is 11.7. The van der Waals surface area contributed by atoms with E-state index in [1.807, 2.05) is 18.2 Å². The molecular formula is C19H23N3O2. The highest BCUT2D eigenvalue weighted by atomic mass is 16.5. The molecule has 126 valence electrons. The Morgan fingerprint density at radius 3 is 2.75 bits per heavy atom. The van der Waals surface area contributed by atoms with Crippen LogP contribution in [0.3, 0.4) is 0 Å². The predicted molar refractivity (Wildman–Crippen MR) is 93.4 cm³/mol. The van der Waals surface area contributed by atoms with Crippen LogP contribution in [0.2, 0.25) is 0 Å². The van der Waals surface area contributed by atoms with Crippen LogP contribution in [0.15, 0.2) is 24.3 Å². The molecule has 2 aliphatic rings. The van der Waals surface area contributed by atoms with E-state index in [9.17, 15) is 5.11 Å². The van der Waals surface area contributed by atoms with Gasteiger partial charge in [0.05, 0.1) is 24.5 Å². The molecule has 24 heavy (non-hydrogen) atoms. The molecule has 2 heterocycles. The van der Waals surface area contributed by atoms with Gasteiger partial charge in [-0.2, -0.15) is 0 Å². The summed E-state index contributed by atoms with van der Waals surface area (Å²) in [5.41, 5.74) is 3.13. The first-order valence-corrected chi connectivity index (χ1v) is 8.73. The van der Waals surface area contributed by atoms with E-state index in [-0.39, 0.29) is 5.75 Å². The van der Waals surface area contributed by atoms with Gasteiger partial charge in [-0.1, -0.05) is 19.1 Å². The molecule has 0 amide bonds. The molecular weight excluding hydrogens is 302 g/mol. The largest absolute Gasteiger partial charge is 0.507 e. The number of aromatic nitrogens is 2. The van der Waals surface area contributed by atoms with Crippen molar-refractivity contribution < 1.29 is 9.84 Å². The highest BCUT2D eigenvalue weighted by Crippen LogP contribution is 2.34. The predicted octanol–water partition coefficient (Wildman–Crippen LogP) is 2.81. The summed E-state index contributed by atoms with van der Waals surface area (Å²) >= 11 is 0. The van der Waals surface area contributed by atoms with Crippen LogP contribution >= 0.6 is 0 Å². The number of hydrogen-bond acceptors (Lipinski definition) is 5. The van der Waals surface area contributed by atoms with Gasteiger partial charge in [0, 0.05) is 18.7 Å². The topological polar surface area (TPSA) is 58.5 Å².